The number of aryl methyl sites for hydroxylation is 1. The zero-order valence-corrected chi connectivity index (χ0v) is 16.6. The van der Waals surface area contributed by atoms with Gasteiger partial charge in [0.1, 0.15) is 5.69 Å². The molecule has 0 bridgehead atoms. The number of hydrogen-bond donors (Lipinski definition) is 0. The molecular weight excluding hydrogens is 354 g/mol. The summed E-state index contributed by atoms with van der Waals surface area (Å²) in [5, 5.41) is 1.10. The molecule has 0 unspecified atom stereocenters. The minimum absolute atomic E-state index is 0.113. The number of carbonyl (C=O) groups is 2. The molecule has 0 spiro atoms. The molecule has 4 rings (SSSR count). The molecule has 2 fully saturated rings. The number of para-hydroxylation sites is 1. The van der Waals surface area contributed by atoms with Crippen LogP contribution >= 0.6 is 0 Å². The molecule has 6 heteroatoms. The van der Waals surface area contributed by atoms with Gasteiger partial charge in [-0.2, -0.15) is 0 Å². The number of benzene rings is 1. The third-order valence-corrected chi connectivity index (χ3v) is 6.20. The van der Waals surface area contributed by atoms with Crippen LogP contribution in [0, 0.1) is 5.92 Å². The molecule has 1 aromatic carbocycles. The second-order valence-electron chi connectivity index (χ2n) is 7.91. The third kappa shape index (κ3) is 3.92. The maximum atomic E-state index is 13.0. The van der Waals surface area contributed by atoms with Crippen LogP contribution in [0.15, 0.2) is 30.3 Å². The Labute approximate surface area is 166 Å². The van der Waals surface area contributed by atoms with E-state index in [0.717, 1.165) is 62.0 Å². The number of rotatable bonds is 4. The van der Waals surface area contributed by atoms with Crippen molar-refractivity contribution in [3.05, 3.63) is 36.0 Å². The van der Waals surface area contributed by atoms with Gasteiger partial charge in [0.25, 0.3) is 5.91 Å². The third-order valence-electron chi connectivity index (χ3n) is 6.20. The molecule has 0 saturated carbocycles. The zero-order chi connectivity index (χ0) is 19.5. The van der Waals surface area contributed by atoms with Gasteiger partial charge < -0.3 is 19.1 Å². The van der Waals surface area contributed by atoms with E-state index in [1.165, 1.54) is 0 Å². The summed E-state index contributed by atoms with van der Waals surface area (Å²) in [4.78, 5) is 29.2. The lowest BCUT2D eigenvalue weighted by Crippen LogP contribution is -2.41. The Kier molecular flexibility index (Phi) is 5.67. The normalized spacial score (nSPS) is 18.6. The first-order chi connectivity index (χ1) is 13.6. The maximum absolute atomic E-state index is 13.0. The summed E-state index contributed by atoms with van der Waals surface area (Å²) < 4.78 is 7.30. The van der Waals surface area contributed by atoms with E-state index < -0.39 is 0 Å². The van der Waals surface area contributed by atoms with Crippen LogP contribution < -0.4 is 0 Å². The fraction of sp³-hybridized carbons (Fsp3) is 0.545. The van der Waals surface area contributed by atoms with Crippen LogP contribution in [0.5, 0.6) is 0 Å². The maximum Gasteiger partial charge on any atom is 0.270 e. The topological polar surface area (TPSA) is 54.8 Å². The molecule has 2 aliphatic rings. The highest BCUT2D eigenvalue weighted by molar-refractivity contribution is 5.98. The van der Waals surface area contributed by atoms with Crippen molar-refractivity contribution in [3.8, 4) is 0 Å². The smallest absolute Gasteiger partial charge is 0.270 e. The Hall–Kier alpha value is -2.34. The summed E-state index contributed by atoms with van der Waals surface area (Å²) in [7, 11) is 1.96. The van der Waals surface area contributed by atoms with Gasteiger partial charge in [-0.3, -0.25) is 9.59 Å². The number of hydrogen-bond acceptors (Lipinski definition) is 3. The van der Waals surface area contributed by atoms with Crippen molar-refractivity contribution in [1.82, 2.24) is 14.4 Å². The number of nitrogens with zero attached hydrogens (tertiary/aromatic N) is 3. The molecule has 2 amide bonds. The molecule has 2 saturated heterocycles. The lowest BCUT2D eigenvalue weighted by atomic mass is 9.91. The quantitative estimate of drug-likeness (QED) is 0.816. The average molecular weight is 383 g/mol. The van der Waals surface area contributed by atoms with Crippen molar-refractivity contribution in [1.29, 1.82) is 0 Å². The van der Waals surface area contributed by atoms with E-state index in [-0.39, 0.29) is 11.8 Å². The molecule has 28 heavy (non-hydrogen) atoms. The Morgan fingerprint density at radius 2 is 1.75 bits per heavy atom. The summed E-state index contributed by atoms with van der Waals surface area (Å²) >= 11 is 0. The van der Waals surface area contributed by atoms with Gasteiger partial charge in [-0.05, 0) is 37.3 Å². The number of fused-ring (bicyclic) bond motifs is 1. The monoisotopic (exact) mass is 383 g/mol. The summed E-state index contributed by atoms with van der Waals surface area (Å²) in [5.74, 6) is 0.889. The van der Waals surface area contributed by atoms with Gasteiger partial charge in [-0.1, -0.05) is 18.2 Å². The molecule has 0 atom stereocenters. The Morgan fingerprint density at radius 3 is 2.46 bits per heavy atom. The van der Waals surface area contributed by atoms with Gasteiger partial charge in [-0.25, -0.2) is 0 Å². The number of amides is 2. The van der Waals surface area contributed by atoms with Crippen molar-refractivity contribution < 1.29 is 14.3 Å². The highest BCUT2D eigenvalue weighted by Crippen LogP contribution is 2.25. The molecular formula is C22H29N3O3. The minimum atomic E-state index is 0.113. The van der Waals surface area contributed by atoms with Crippen LogP contribution in [0.1, 0.15) is 36.2 Å². The highest BCUT2D eigenvalue weighted by atomic mass is 16.5. The van der Waals surface area contributed by atoms with Gasteiger partial charge in [0.15, 0.2) is 0 Å². The van der Waals surface area contributed by atoms with Crippen molar-refractivity contribution in [2.45, 2.75) is 25.7 Å². The molecule has 0 aliphatic carbocycles. The fourth-order valence-corrected chi connectivity index (χ4v) is 4.38. The highest BCUT2D eigenvalue weighted by Gasteiger charge is 2.26. The Morgan fingerprint density at radius 1 is 1.04 bits per heavy atom. The number of piperidine rings is 1. The number of morpholine rings is 1. The summed E-state index contributed by atoms with van der Waals surface area (Å²) in [6, 6.07) is 10.1. The van der Waals surface area contributed by atoms with E-state index in [0.29, 0.717) is 25.6 Å². The molecule has 6 nitrogen and oxygen atoms in total. The van der Waals surface area contributed by atoms with E-state index >= 15 is 0 Å². The lowest BCUT2D eigenvalue weighted by molar-refractivity contribution is -0.135. The standard InChI is InChI=1S/C22H29N3O3/c1-23-19-5-3-2-4-18(19)16-20(23)22(27)25-10-8-17(9-11-25)6-7-21(26)24-12-14-28-15-13-24/h2-5,16-17H,6-15H2,1H3. The Balaban J connectivity index is 1.29. The first-order valence-electron chi connectivity index (χ1n) is 10.3. The van der Waals surface area contributed by atoms with Crippen molar-refractivity contribution >= 4 is 22.7 Å². The molecule has 1 aromatic heterocycles. The van der Waals surface area contributed by atoms with Crippen LogP contribution in [0.3, 0.4) is 0 Å². The van der Waals surface area contributed by atoms with Crippen LogP contribution in [0.2, 0.25) is 0 Å². The van der Waals surface area contributed by atoms with E-state index in [9.17, 15) is 9.59 Å². The van der Waals surface area contributed by atoms with E-state index in [4.69, 9.17) is 4.74 Å². The van der Waals surface area contributed by atoms with Crippen LogP contribution in [0.25, 0.3) is 10.9 Å². The molecule has 2 aromatic rings. The van der Waals surface area contributed by atoms with Crippen LogP contribution in [-0.4, -0.2) is 65.6 Å². The van der Waals surface area contributed by atoms with Gasteiger partial charge >= 0.3 is 0 Å². The van der Waals surface area contributed by atoms with E-state index in [1.807, 2.05) is 51.7 Å². The predicted octanol–water partition coefficient (Wildman–Crippen LogP) is 2.67. The second-order valence-corrected chi connectivity index (χ2v) is 7.91. The number of ether oxygens (including phenoxy) is 1. The predicted molar refractivity (Wildman–Crippen MR) is 108 cm³/mol. The average Bonchev–Trinajstić information content (AvgIpc) is 3.09. The van der Waals surface area contributed by atoms with E-state index in [2.05, 4.69) is 0 Å². The SMILES string of the molecule is Cn1c(C(=O)N2CCC(CCC(=O)N3CCOCC3)CC2)cc2ccccc21. The van der Waals surface area contributed by atoms with Crippen molar-refractivity contribution in [3.63, 3.8) is 0 Å². The van der Waals surface area contributed by atoms with Crippen molar-refractivity contribution in [2.75, 3.05) is 39.4 Å². The molecule has 0 radical (unpaired) electrons. The number of carbonyl (C=O) groups excluding carboxylic acids is 2. The summed E-state index contributed by atoms with van der Waals surface area (Å²) in [6.45, 7) is 4.29. The van der Waals surface area contributed by atoms with Crippen molar-refractivity contribution in [2.24, 2.45) is 13.0 Å². The fourth-order valence-electron chi connectivity index (χ4n) is 4.38. The number of likely N-dealkylation sites (tertiary alicyclic amines) is 1. The molecule has 0 N–H and O–H groups in total. The van der Waals surface area contributed by atoms with Gasteiger partial charge in [0, 0.05) is 50.6 Å². The largest absolute Gasteiger partial charge is 0.378 e. The van der Waals surface area contributed by atoms with Gasteiger partial charge in [0.2, 0.25) is 5.91 Å². The number of aromatic nitrogens is 1. The first-order valence-corrected chi connectivity index (χ1v) is 10.3. The van der Waals surface area contributed by atoms with Gasteiger partial charge in [-0.15, -0.1) is 0 Å². The minimum Gasteiger partial charge on any atom is -0.378 e. The van der Waals surface area contributed by atoms with Crippen LogP contribution in [-0.2, 0) is 16.6 Å². The van der Waals surface area contributed by atoms with E-state index in [1.54, 1.807) is 0 Å². The van der Waals surface area contributed by atoms with Gasteiger partial charge in [0.05, 0.1) is 13.2 Å². The zero-order valence-electron chi connectivity index (χ0n) is 16.6. The molecule has 2 aliphatic heterocycles. The summed E-state index contributed by atoms with van der Waals surface area (Å²) in [5.41, 5.74) is 1.84. The first kappa shape index (κ1) is 19.0. The van der Waals surface area contributed by atoms with Crippen LogP contribution in [0.4, 0.5) is 0 Å². The molecule has 150 valence electrons. The lowest BCUT2D eigenvalue weighted by Gasteiger charge is -2.33. The summed E-state index contributed by atoms with van der Waals surface area (Å²) in [6.07, 6.45) is 3.49. The second kappa shape index (κ2) is 8.35. The Bertz CT molecular complexity index is 846. The molecule has 3 heterocycles.